The number of hydrogen-bond acceptors (Lipinski definition) is 2. The minimum Gasteiger partial charge on any atom is -0.480 e. The zero-order valence-corrected chi connectivity index (χ0v) is 13.4. The summed E-state index contributed by atoms with van der Waals surface area (Å²) < 4.78 is 5.74. The maximum Gasteiger partial charge on any atom is 0.265 e. The smallest absolute Gasteiger partial charge is 0.265 e. The molecule has 0 bridgehead atoms. The number of benzene rings is 2. The van der Waals surface area contributed by atoms with Gasteiger partial charge in [-0.2, -0.15) is 0 Å². The molecule has 22 heavy (non-hydrogen) atoms. The van der Waals surface area contributed by atoms with Gasteiger partial charge in [0.25, 0.3) is 5.91 Å². The summed E-state index contributed by atoms with van der Waals surface area (Å²) in [6, 6.07) is 11.5. The van der Waals surface area contributed by atoms with Crippen LogP contribution in [0.4, 0.5) is 5.69 Å². The van der Waals surface area contributed by atoms with Crippen molar-refractivity contribution in [1.29, 1.82) is 0 Å². The van der Waals surface area contributed by atoms with Crippen LogP contribution in [0, 0.1) is 6.92 Å². The molecule has 0 saturated carbocycles. The number of halogens is 1. The Morgan fingerprint density at radius 1 is 1.36 bits per heavy atom. The van der Waals surface area contributed by atoms with Crippen molar-refractivity contribution in [2.24, 2.45) is 0 Å². The van der Waals surface area contributed by atoms with E-state index >= 15 is 0 Å². The molecule has 1 atom stereocenters. The number of carbonyl (C=O) groups is 1. The second-order valence-corrected chi connectivity index (χ2v) is 5.95. The molecule has 0 fully saturated rings. The Hall–Kier alpha value is -2.00. The maximum absolute atomic E-state index is 12.5. The number of para-hydroxylation sites is 1. The summed E-state index contributed by atoms with van der Waals surface area (Å²) in [6.45, 7) is 4.08. The summed E-state index contributed by atoms with van der Waals surface area (Å²) in [4.78, 5) is 12.5. The Bertz CT molecular complexity index is 727. The molecule has 0 aromatic heterocycles. The van der Waals surface area contributed by atoms with Crippen LogP contribution >= 0.6 is 11.6 Å². The molecule has 114 valence electrons. The van der Waals surface area contributed by atoms with E-state index in [-0.39, 0.29) is 5.91 Å². The number of anilines is 1. The molecule has 0 aliphatic carbocycles. The predicted octanol–water partition coefficient (Wildman–Crippen LogP) is 4.15. The topological polar surface area (TPSA) is 38.3 Å². The number of hydrogen-bond donors (Lipinski definition) is 1. The van der Waals surface area contributed by atoms with Crippen molar-refractivity contribution < 1.29 is 9.53 Å². The summed E-state index contributed by atoms with van der Waals surface area (Å²) in [6.07, 6.45) is 0.922. The van der Waals surface area contributed by atoms with E-state index in [9.17, 15) is 4.79 Å². The van der Waals surface area contributed by atoms with Gasteiger partial charge in [0.2, 0.25) is 0 Å². The number of aryl methyl sites for hydroxylation is 2. The summed E-state index contributed by atoms with van der Waals surface area (Å²) in [5.74, 6) is 0.626. The molecule has 4 heteroatoms. The van der Waals surface area contributed by atoms with Gasteiger partial charge in [0.15, 0.2) is 6.10 Å². The van der Waals surface area contributed by atoms with Crippen molar-refractivity contribution in [1.82, 2.24) is 0 Å². The third kappa shape index (κ3) is 2.81. The van der Waals surface area contributed by atoms with E-state index in [0.29, 0.717) is 11.4 Å². The molecule has 2 aromatic rings. The van der Waals surface area contributed by atoms with Crippen LogP contribution in [0.15, 0.2) is 36.4 Å². The van der Waals surface area contributed by atoms with Gasteiger partial charge >= 0.3 is 0 Å². The molecular weight excluding hydrogens is 298 g/mol. The number of carbonyl (C=O) groups excluding carboxylic acids is 1. The van der Waals surface area contributed by atoms with Gasteiger partial charge in [0.1, 0.15) is 5.75 Å². The van der Waals surface area contributed by atoms with Gasteiger partial charge in [-0.05, 0) is 48.2 Å². The number of fused-ring (bicyclic) bond motifs is 1. The third-order valence-electron chi connectivity index (χ3n) is 3.98. The largest absolute Gasteiger partial charge is 0.480 e. The van der Waals surface area contributed by atoms with Crippen LogP contribution in [-0.2, 0) is 17.6 Å². The van der Waals surface area contributed by atoms with Crippen molar-refractivity contribution in [3.8, 4) is 5.75 Å². The van der Waals surface area contributed by atoms with Crippen molar-refractivity contribution in [3.05, 3.63) is 58.1 Å². The van der Waals surface area contributed by atoms with E-state index in [2.05, 4.69) is 12.2 Å². The molecule has 3 rings (SSSR count). The van der Waals surface area contributed by atoms with Crippen LogP contribution in [-0.4, -0.2) is 12.0 Å². The molecule has 1 unspecified atom stereocenters. The third-order valence-corrected chi connectivity index (χ3v) is 4.21. The summed E-state index contributed by atoms with van der Waals surface area (Å²) in [5, 5.41) is 3.69. The Morgan fingerprint density at radius 2 is 2.18 bits per heavy atom. The SMILES string of the molecule is CCc1cccc(C)c1NC(=O)C1Cc2cc(Cl)ccc2O1. The van der Waals surface area contributed by atoms with E-state index in [0.717, 1.165) is 34.5 Å². The molecule has 0 radical (unpaired) electrons. The number of rotatable bonds is 3. The number of nitrogens with one attached hydrogen (secondary N) is 1. The Balaban J connectivity index is 1.77. The molecular formula is C18H18ClNO2. The highest BCUT2D eigenvalue weighted by atomic mass is 35.5. The monoisotopic (exact) mass is 315 g/mol. The van der Waals surface area contributed by atoms with Gasteiger partial charge in [-0.15, -0.1) is 0 Å². The van der Waals surface area contributed by atoms with Crippen molar-refractivity contribution in [3.63, 3.8) is 0 Å². The van der Waals surface area contributed by atoms with Gasteiger partial charge in [0, 0.05) is 17.1 Å². The van der Waals surface area contributed by atoms with E-state index in [4.69, 9.17) is 16.3 Å². The minimum atomic E-state index is -0.502. The molecule has 1 N–H and O–H groups in total. The first-order chi connectivity index (χ1) is 10.6. The first-order valence-electron chi connectivity index (χ1n) is 7.43. The van der Waals surface area contributed by atoms with Crippen LogP contribution in [0.3, 0.4) is 0 Å². The normalized spacial score (nSPS) is 16.0. The molecule has 2 aromatic carbocycles. The fourth-order valence-corrected chi connectivity index (χ4v) is 2.96. The van der Waals surface area contributed by atoms with Crippen LogP contribution in [0.1, 0.15) is 23.6 Å². The van der Waals surface area contributed by atoms with Gasteiger partial charge in [0.05, 0.1) is 0 Å². The standard InChI is InChI=1S/C18H18ClNO2/c1-3-12-6-4-5-11(2)17(12)20-18(21)16-10-13-9-14(19)7-8-15(13)22-16/h4-9,16H,3,10H2,1-2H3,(H,20,21). The first-order valence-corrected chi connectivity index (χ1v) is 7.80. The fourth-order valence-electron chi connectivity index (χ4n) is 2.77. The predicted molar refractivity (Wildman–Crippen MR) is 88.8 cm³/mol. The van der Waals surface area contributed by atoms with E-state index in [1.54, 1.807) is 6.07 Å². The molecule has 0 spiro atoms. The van der Waals surface area contributed by atoms with Crippen molar-refractivity contribution >= 4 is 23.2 Å². The minimum absolute atomic E-state index is 0.115. The lowest BCUT2D eigenvalue weighted by Crippen LogP contribution is -2.32. The highest BCUT2D eigenvalue weighted by Gasteiger charge is 2.29. The van der Waals surface area contributed by atoms with E-state index in [1.165, 1.54) is 0 Å². The van der Waals surface area contributed by atoms with Gasteiger partial charge in [-0.1, -0.05) is 36.7 Å². The lowest BCUT2D eigenvalue weighted by atomic mass is 10.0. The summed E-state index contributed by atoms with van der Waals surface area (Å²) in [7, 11) is 0. The highest BCUT2D eigenvalue weighted by molar-refractivity contribution is 6.30. The van der Waals surface area contributed by atoms with Crippen molar-refractivity contribution in [2.45, 2.75) is 32.8 Å². The van der Waals surface area contributed by atoms with Crippen molar-refractivity contribution in [2.75, 3.05) is 5.32 Å². The Morgan fingerprint density at radius 3 is 2.95 bits per heavy atom. The lowest BCUT2D eigenvalue weighted by molar-refractivity contribution is -0.122. The Labute approximate surface area is 135 Å². The van der Waals surface area contributed by atoms with Crippen LogP contribution in [0.25, 0.3) is 0 Å². The first kappa shape index (κ1) is 14.9. The zero-order chi connectivity index (χ0) is 15.7. The molecule has 1 aliphatic heterocycles. The van der Waals surface area contributed by atoms with Crippen LogP contribution in [0.2, 0.25) is 5.02 Å². The average Bonchev–Trinajstić information content (AvgIpc) is 2.92. The quantitative estimate of drug-likeness (QED) is 0.924. The molecule has 1 amide bonds. The Kier molecular flexibility index (Phi) is 4.08. The zero-order valence-electron chi connectivity index (χ0n) is 12.7. The second kappa shape index (κ2) is 6.01. The molecule has 0 saturated heterocycles. The summed E-state index contributed by atoms with van der Waals surface area (Å²) >= 11 is 5.98. The fraction of sp³-hybridized carbons (Fsp3) is 0.278. The molecule has 1 aliphatic rings. The molecule has 1 heterocycles. The van der Waals surface area contributed by atoms with Gasteiger partial charge < -0.3 is 10.1 Å². The molecule has 3 nitrogen and oxygen atoms in total. The van der Waals surface area contributed by atoms with Gasteiger partial charge in [-0.3, -0.25) is 4.79 Å². The highest BCUT2D eigenvalue weighted by Crippen LogP contribution is 2.32. The van der Waals surface area contributed by atoms with Crippen LogP contribution < -0.4 is 10.1 Å². The van der Waals surface area contributed by atoms with Crippen LogP contribution in [0.5, 0.6) is 5.75 Å². The number of ether oxygens (including phenoxy) is 1. The number of amides is 1. The lowest BCUT2D eigenvalue weighted by Gasteiger charge is -2.16. The van der Waals surface area contributed by atoms with E-state index in [1.807, 2.05) is 37.3 Å². The second-order valence-electron chi connectivity index (χ2n) is 5.51. The maximum atomic E-state index is 12.5. The average molecular weight is 316 g/mol. The van der Waals surface area contributed by atoms with E-state index < -0.39 is 6.10 Å². The van der Waals surface area contributed by atoms with Gasteiger partial charge in [-0.25, -0.2) is 0 Å². The summed E-state index contributed by atoms with van der Waals surface area (Å²) in [5.41, 5.74) is 4.07.